The number of nitrogens with zero attached hydrogens (tertiary/aromatic N) is 3. The summed E-state index contributed by atoms with van der Waals surface area (Å²) in [6.07, 6.45) is 0. The van der Waals surface area contributed by atoms with Gasteiger partial charge in [-0.05, 0) is 19.1 Å². The van der Waals surface area contributed by atoms with E-state index in [0.29, 0.717) is 10.6 Å². The fraction of sp³-hybridized carbons (Fsp3) is 0.0769. The summed E-state index contributed by atoms with van der Waals surface area (Å²) >= 11 is 1.14. The quantitative estimate of drug-likeness (QED) is 0.511. The number of nitrogens with one attached hydrogen (secondary N) is 1. The maximum Gasteiger partial charge on any atom is 0.280 e. The van der Waals surface area contributed by atoms with Gasteiger partial charge >= 0.3 is 0 Å². The molecule has 0 bridgehead atoms. The van der Waals surface area contributed by atoms with Crippen LogP contribution in [-0.2, 0) is 0 Å². The average molecular weight is 334 g/mol. The molecule has 0 radical (unpaired) electrons. The first-order valence-corrected chi connectivity index (χ1v) is 7.09. The van der Waals surface area contributed by atoms with Crippen molar-refractivity contribution in [2.24, 2.45) is 5.10 Å². The molecular formula is C13H10N4O5S. The van der Waals surface area contributed by atoms with E-state index in [2.05, 4.69) is 10.5 Å². The molecule has 0 fully saturated rings. The topological polar surface area (TPSA) is 128 Å². The molecule has 1 N–H and O–H groups in total. The van der Waals surface area contributed by atoms with Gasteiger partial charge in [0.15, 0.2) is 0 Å². The summed E-state index contributed by atoms with van der Waals surface area (Å²) in [7, 11) is 0. The number of nitro groups is 2. The van der Waals surface area contributed by atoms with Crippen molar-refractivity contribution in [3.63, 3.8) is 0 Å². The van der Waals surface area contributed by atoms with Gasteiger partial charge in [-0.2, -0.15) is 5.10 Å². The molecule has 1 amide bonds. The van der Waals surface area contributed by atoms with Gasteiger partial charge in [0.25, 0.3) is 17.3 Å². The zero-order valence-electron chi connectivity index (χ0n) is 11.8. The molecule has 2 aromatic rings. The van der Waals surface area contributed by atoms with Crippen molar-refractivity contribution < 1.29 is 14.6 Å². The number of hydrogen-bond donors (Lipinski definition) is 1. The standard InChI is InChI=1S/C13H10N4O5S/c1-8(12-6-11(7-23-12)17(21)22)14-15-13(18)9-2-4-10(5-3-9)16(19)20/h2-7H,1H3,(H,15,18)/b14-8-. The smallest absolute Gasteiger partial charge is 0.267 e. The van der Waals surface area contributed by atoms with Crippen LogP contribution in [0.25, 0.3) is 0 Å². The highest BCUT2D eigenvalue weighted by Gasteiger charge is 2.12. The highest BCUT2D eigenvalue weighted by molar-refractivity contribution is 7.12. The molecule has 23 heavy (non-hydrogen) atoms. The molecule has 0 spiro atoms. The Morgan fingerprint density at radius 3 is 2.26 bits per heavy atom. The maximum atomic E-state index is 11.9. The fourth-order valence-electron chi connectivity index (χ4n) is 1.60. The van der Waals surface area contributed by atoms with Crippen LogP contribution in [-0.4, -0.2) is 21.5 Å². The van der Waals surface area contributed by atoms with E-state index >= 15 is 0 Å². The van der Waals surface area contributed by atoms with Gasteiger partial charge in [0, 0.05) is 23.8 Å². The second-order valence-corrected chi connectivity index (χ2v) is 5.28. The van der Waals surface area contributed by atoms with Crippen molar-refractivity contribution in [2.45, 2.75) is 6.92 Å². The Bertz CT molecular complexity index is 797. The molecule has 0 saturated carbocycles. The van der Waals surface area contributed by atoms with Crippen LogP contribution in [0.2, 0.25) is 0 Å². The number of thiophene rings is 1. The van der Waals surface area contributed by atoms with Crippen LogP contribution >= 0.6 is 11.3 Å². The highest BCUT2D eigenvalue weighted by Crippen LogP contribution is 2.21. The maximum absolute atomic E-state index is 11.9. The molecule has 118 valence electrons. The van der Waals surface area contributed by atoms with Crippen LogP contribution in [0.4, 0.5) is 11.4 Å². The molecule has 0 saturated heterocycles. The Labute approximate surface area is 133 Å². The third kappa shape index (κ3) is 3.95. The third-order valence-electron chi connectivity index (χ3n) is 2.82. The number of benzene rings is 1. The third-order valence-corrected chi connectivity index (χ3v) is 3.85. The van der Waals surface area contributed by atoms with Gasteiger partial charge in [0.05, 0.1) is 25.8 Å². The van der Waals surface area contributed by atoms with Crippen LogP contribution in [0.1, 0.15) is 22.2 Å². The molecule has 0 atom stereocenters. The Kier molecular flexibility index (Phi) is 4.76. The summed E-state index contributed by atoms with van der Waals surface area (Å²) in [6.45, 7) is 1.60. The van der Waals surface area contributed by atoms with Crippen LogP contribution < -0.4 is 5.43 Å². The lowest BCUT2D eigenvalue weighted by molar-refractivity contribution is -0.384. The molecule has 0 aliphatic rings. The average Bonchev–Trinajstić information content (AvgIpc) is 3.02. The fourth-order valence-corrected chi connectivity index (χ4v) is 2.41. The number of carbonyl (C=O) groups is 1. The van der Waals surface area contributed by atoms with E-state index in [1.165, 1.54) is 35.7 Å². The number of nitro benzene ring substituents is 1. The minimum atomic E-state index is -0.562. The van der Waals surface area contributed by atoms with Crippen molar-refractivity contribution in [1.82, 2.24) is 5.43 Å². The number of carbonyl (C=O) groups excluding carboxylic acids is 1. The molecule has 1 aromatic carbocycles. The number of hydrazone groups is 1. The highest BCUT2D eigenvalue weighted by atomic mass is 32.1. The van der Waals surface area contributed by atoms with E-state index < -0.39 is 15.8 Å². The molecule has 2 rings (SSSR count). The van der Waals surface area contributed by atoms with Crippen LogP contribution in [0.3, 0.4) is 0 Å². The Morgan fingerprint density at radius 1 is 1.13 bits per heavy atom. The van der Waals surface area contributed by atoms with E-state index in [1.54, 1.807) is 6.92 Å². The lowest BCUT2D eigenvalue weighted by atomic mass is 10.2. The normalized spacial score (nSPS) is 11.1. The summed E-state index contributed by atoms with van der Waals surface area (Å²) in [6, 6.07) is 6.42. The summed E-state index contributed by atoms with van der Waals surface area (Å²) < 4.78 is 0. The van der Waals surface area contributed by atoms with Gasteiger partial charge in [0.1, 0.15) is 0 Å². The molecule has 0 aliphatic carbocycles. The molecule has 0 aliphatic heterocycles. The molecule has 0 unspecified atom stereocenters. The second-order valence-electron chi connectivity index (χ2n) is 4.37. The van der Waals surface area contributed by atoms with Crippen LogP contribution in [0.5, 0.6) is 0 Å². The number of amides is 1. The number of rotatable bonds is 5. The zero-order valence-corrected chi connectivity index (χ0v) is 12.6. The van der Waals surface area contributed by atoms with Gasteiger partial charge in [-0.3, -0.25) is 25.0 Å². The van der Waals surface area contributed by atoms with Crippen LogP contribution in [0.15, 0.2) is 40.8 Å². The molecule has 10 heteroatoms. The van der Waals surface area contributed by atoms with E-state index in [0.717, 1.165) is 11.3 Å². The monoisotopic (exact) mass is 334 g/mol. The van der Waals surface area contributed by atoms with Gasteiger partial charge in [-0.25, -0.2) is 5.43 Å². The largest absolute Gasteiger partial charge is 0.280 e. The molecule has 1 heterocycles. The Morgan fingerprint density at radius 2 is 1.74 bits per heavy atom. The first-order chi connectivity index (χ1) is 10.9. The van der Waals surface area contributed by atoms with E-state index in [9.17, 15) is 25.0 Å². The summed E-state index contributed by atoms with van der Waals surface area (Å²) in [5.74, 6) is -0.537. The van der Waals surface area contributed by atoms with Gasteiger partial charge in [-0.1, -0.05) is 0 Å². The van der Waals surface area contributed by atoms with Crippen molar-refractivity contribution in [3.8, 4) is 0 Å². The lowest BCUT2D eigenvalue weighted by Gasteiger charge is -2.01. The molecule has 1 aromatic heterocycles. The molecular weight excluding hydrogens is 324 g/mol. The van der Waals surface area contributed by atoms with Crippen molar-refractivity contribution >= 4 is 34.3 Å². The first kappa shape index (κ1) is 16.2. The molecule has 9 nitrogen and oxygen atoms in total. The lowest BCUT2D eigenvalue weighted by Crippen LogP contribution is -2.19. The predicted molar refractivity (Wildman–Crippen MR) is 83.7 cm³/mol. The minimum Gasteiger partial charge on any atom is -0.267 e. The Balaban J connectivity index is 2.06. The van der Waals surface area contributed by atoms with Crippen molar-refractivity contribution in [1.29, 1.82) is 0 Å². The van der Waals surface area contributed by atoms with E-state index in [1.807, 2.05) is 0 Å². The first-order valence-electron chi connectivity index (χ1n) is 6.21. The second kappa shape index (κ2) is 6.75. The van der Waals surface area contributed by atoms with Crippen LogP contribution in [0, 0.1) is 20.2 Å². The van der Waals surface area contributed by atoms with E-state index in [-0.39, 0.29) is 16.9 Å². The summed E-state index contributed by atoms with van der Waals surface area (Å²) in [5.41, 5.74) is 2.77. The SMILES string of the molecule is C/C(=N/NC(=O)c1ccc([N+](=O)[O-])cc1)c1cc([N+](=O)[O-])cs1. The van der Waals surface area contributed by atoms with Crippen molar-refractivity contribution in [2.75, 3.05) is 0 Å². The van der Waals surface area contributed by atoms with Gasteiger partial charge in [-0.15, -0.1) is 11.3 Å². The predicted octanol–water partition coefficient (Wildman–Crippen LogP) is 2.72. The summed E-state index contributed by atoms with van der Waals surface area (Å²) in [5, 5.41) is 26.4. The minimum absolute atomic E-state index is 0.0405. The summed E-state index contributed by atoms with van der Waals surface area (Å²) in [4.78, 5) is 32.5. The zero-order chi connectivity index (χ0) is 17.0. The number of hydrogen-bond acceptors (Lipinski definition) is 7. The van der Waals surface area contributed by atoms with Crippen molar-refractivity contribution in [3.05, 3.63) is 66.4 Å². The van der Waals surface area contributed by atoms with Gasteiger partial charge < -0.3 is 0 Å². The van der Waals surface area contributed by atoms with Gasteiger partial charge in [0.2, 0.25) is 0 Å². The number of non-ortho nitro benzene ring substituents is 1. The Hall–Kier alpha value is -3.14. The van der Waals surface area contributed by atoms with E-state index in [4.69, 9.17) is 0 Å².